The predicted molar refractivity (Wildman–Crippen MR) is 132 cm³/mol. The van der Waals surface area contributed by atoms with Crippen molar-refractivity contribution in [3.8, 4) is 11.1 Å². The largest absolute Gasteiger partial charge is 0.452 e. The van der Waals surface area contributed by atoms with Crippen LogP contribution in [0.15, 0.2) is 42.5 Å². The Balaban J connectivity index is 1.67. The lowest BCUT2D eigenvalue weighted by molar-refractivity contribution is 0.0765. The Hall–Kier alpha value is -3.59. The molecule has 4 rings (SSSR count). The van der Waals surface area contributed by atoms with Crippen LogP contribution in [0.2, 0.25) is 0 Å². The van der Waals surface area contributed by atoms with Crippen molar-refractivity contribution in [1.29, 1.82) is 0 Å². The zero-order valence-electron chi connectivity index (χ0n) is 20.4. The Labute approximate surface area is 204 Å². The third-order valence-electron chi connectivity index (χ3n) is 6.26. The van der Waals surface area contributed by atoms with Crippen LogP contribution in [0.25, 0.3) is 11.1 Å². The monoisotopic (exact) mass is 481 g/mol. The molecule has 1 saturated heterocycles. The van der Waals surface area contributed by atoms with Crippen LogP contribution in [-0.4, -0.2) is 73.1 Å². The lowest BCUT2D eigenvalue weighted by atomic mass is 10.00. The summed E-state index contributed by atoms with van der Waals surface area (Å²) in [6.45, 7) is 6.57. The fraction of sp³-hybridized carbons (Fsp3) is 0.423. The molecule has 0 saturated carbocycles. The number of hydrogen-bond acceptors (Lipinski definition) is 6. The van der Waals surface area contributed by atoms with E-state index < -0.39 is 18.3 Å². The molecule has 2 aromatic carbocycles. The summed E-state index contributed by atoms with van der Waals surface area (Å²) in [4.78, 5) is 42.8. The average molecular weight is 482 g/mol. The van der Waals surface area contributed by atoms with Crippen LogP contribution in [0.5, 0.6) is 0 Å². The van der Waals surface area contributed by atoms with Gasteiger partial charge in [0.05, 0.1) is 43.3 Å². The van der Waals surface area contributed by atoms with E-state index in [-0.39, 0.29) is 24.6 Å². The van der Waals surface area contributed by atoms with Crippen LogP contribution < -0.4 is 9.80 Å². The number of nitrogens with zero attached hydrogens (tertiary/aromatic N) is 3. The Morgan fingerprint density at radius 1 is 0.971 bits per heavy atom. The summed E-state index contributed by atoms with van der Waals surface area (Å²) in [5.74, 6) is -0.108. The Bertz CT molecular complexity index is 1120. The lowest BCUT2D eigenvalue weighted by Gasteiger charge is -2.40. The number of rotatable bonds is 3. The van der Waals surface area contributed by atoms with E-state index in [0.717, 1.165) is 11.1 Å². The molecule has 9 nitrogen and oxygen atoms in total. The number of hydrogen-bond donors (Lipinski definition) is 1. The Morgan fingerprint density at radius 2 is 1.66 bits per heavy atom. The molecule has 2 heterocycles. The first kappa shape index (κ1) is 24.5. The molecule has 35 heavy (non-hydrogen) atoms. The topological polar surface area (TPSA) is 99.6 Å². The maximum atomic E-state index is 12.9. The summed E-state index contributed by atoms with van der Waals surface area (Å²) >= 11 is 0. The van der Waals surface area contributed by atoms with Gasteiger partial charge >= 0.3 is 12.2 Å². The highest BCUT2D eigenvalue weighted by Gasteiger charge is 2.36. The number of aliphatic hydroxyl groups excluding tert-OH is 1. The zero-order chi connectivity index (χ0) is 25.3. The molecule has 9 heteroatoms. The van der Waals surface area contributed by atoms with Gasteiger partial charge in [0, 0.05) is 18.7 Å². The molecule has 0 bridgehead atoms. The smallest absolute Gasteiger partial charge is 0.414 e. The zero-order valence-corrected chi connectivity index (χ0v) is 20.4. The second kappa shape index (κ2) is 9.95. The normalized spacial score (nSPS) is 19.5. The molecule has 0 aromatic heterocycles. The number of methoxy groups -OCH3 is 1. The van der Waals surface area contributed by atoms with Crippen molar-refractivity contribution >= 4 is 29.5 Å². The van der Waals surface area contributed by atoms with Crippen molar-refractivity contribution in [3.05, 3.63) is 48.0 Å². The SMILES string of the molecule is COC(=O)N1c2ccc(-c3ccc(C(=O)N4CC[C@@H](O)C4)cc3)cc2N(C(=O)OC(C)C)C[C@@H]1C. The molecule has 0 unspecified atom stereocenters. The van der Waals surface area contributed by atoms with Crippen LogP contribution in [-0.2, 0) is 9.47 Å². The van der Waals surface area contributed by atoms with Crippen molar-refractivity contribution < 1.29 is 29.0 Å². The minimum absolute atomic E-state index is 0.108. The highest BCUT2D eigenvalue weighted by atomic mass is 16.6. The van der Waals surface area contributed by atoms with Crippen molar-refractivity contribution in [2.75, 3.05) is 36.5 Å². The van der Waals surface area contributed by atoms with E-state index in [9.17, 15) is 19.5 Å². The molecule has 0 spiro atoms. The van der Waals surface area contributed by atoms with Gasteiger partial charge in [-0.1, -0.05) is 18.2 Å². The first-order valence-electron chi connectivity index (χ1n) is 11.8. The van der Waals surface area contributed by atoms with Gasteiger partial charge in [-0.25, -0.2) is 9.59 Å². The maximum Gasteiger partial charge on any atom is 0.414 e. The fourth-order valence-electron chi connectivity index (χ4n) is 4.53. The van der Waals surface area contributed by atoms with E-state index >= 15 is 0 Å². The summed E-state index contributed by atoms with van der Waals surface area (Å²) in [6, 6.07) is 12.4. The van der Waals surface area contributed by atoms with E-state index in [1.807, 2.05) is 31.2 Å². The highest BCUT2D eigenvalue weighted by Crippen LogP contribution is 2.39. The van der Waals surface area contributed by atoms with Crippen LogP contribution in [0.3, 0.4) is 0 Å². The number of carbonyl (C=O) groups is 3. The van der Waals surface area contributed by atoms with Gasteiger partial charge in [-0.15, -0.1) is 0 Å². The van der Waals surface area contributed by atoms with E-state index in [1.54, 1.807) is 41.8 Å². The number of aliphatic hydroxyl groups is 1. The molecule has 1 N–H and O–H groups in total. The summed E-state index contributed by atoms with van der Waals surface area (Å²) in [5, 5.41) is 9.72. The van der Waals surface area contributed by atoms with Crippen molar-refractivity contribution in [1.82, 2.24) is 4.90 Å². The third-order valence-corrected chi connectivity index (χ3v) is 6.26. The number of benzene rings is 2. The molecule has 0 aliphatic carbocycles. The van der Waals surface area contributed by atoms with Gasteiger partial charge in [-0.05, 0) is 62.6 Å². The van der Waals surface area contributed by atoms with Gasteiger partial charge in [0.2, 0.25) is 0 Å². The molecule has 2 atom stereocenters. The van der Waals surface area contributed by atoms with Crippen molar-refractivity contribution in [3.63, 3.8) is 0 Å². The maximum absolute atomic E-state index is 12.9. The summed E-state index contributed by atoms with van der Waals surface area (Å²) < 4.78 is 10.4. The molecule has 3 amide bonds. The van der Waals surface area contributed by atoms with E-state index in [1.165, 1.54) is 12.0 Å². The van der Waals surface area contributed by atoms with Gasteiger partial charge in [0.25, 0.3) is 5.91 Å². The lowest BCUT2D eigenvalue weighted by Crippen LogP contribution is -2.52. The molecule has 0 radical (unpaired) electrons. The Morgan fingerprint density at radius 3 is 2.26 bits per heavy atom. The predicted octanol–water partition coefficient (Wildman–Crippen LogP) is 3.89. The van der Waals surface area contributed by atoms with Crippen LogP contribution in [0.1, 0.15) is 37.6 Å². The highest BCUT2D eigenvalue weighted by molar-refractivity contribution is 6.02. The molecule has 2 aromatic rings. The second-order valence-electron chi connectivity index (χ2n) is 9.21. The number of carbonyl (C=O) groups excluding carboxylic acids is 3. The van der Waals surface area contributed by atoms with Gasteiger partial charge < -0.3 is 19.5 Å². The van der Waals surface area contributed by atoms with Gasteiger partial charge in [0.1, 0.15) is 0 Å². The molecule has 186 valence electrons. The number of amides is 3. The Kier molecular flexibility index (Phi) is 6.98. The fourth-order valence-corrected chi connectivity index (χ4v) is 4.53. The molecule has 2 aliphatic rings. The summed E-state index contributed by atoms with van der Waals surface area (Å²) in [6.07, 6.45) is -1.14. The third kappa shape index (κ3) is 4.95. The standard InChI is InChI=1S/C26H31N3O6/c1-16(2)35-25(32)28-14-17(3)29(26(33)34-4)22-10-9-20(13-23(22)28)18-5-7-19(8-6-18)24(31)27-12-11-21(30)15-27/h5-10,13,16-17,21,30H,11-12,14-15H2,1-4H3/t17-,21+/m0/s1. The number of β-amino-alcohol motifs (C(OH)–C–C–N with tert-alkyl or cyclic N) is 1. The van der Waals surface area contributed by atoms with E-state index in [0.29, 0.717) is 36.4 Å². The van der Waals surface area contributed by atoms with E-state index in [4.69, 9.17) is 9.47 Å². The van der Waals surface area contributed by atoms with Crippen LogP contribution in [0, 0.1) is 0 Å². The minimum Gasteiger partial charge on any atom is -0.452 e. The number of ether oxygens (including phenoxy) is 2. The molecule has 1 fully saturated rings. The summed E-state index contributed by atoms with van der Waals surface area (Å²) in [5.41, 5.74) is 3.32. The number of anilines is 2. The van der Waals surface area contributed by atoms with E-state index in [2.05, 4.69) is 0 Å². The second-order valence-corrected chi connectivity index (χ2v) is 9.21. The van der Waals surface area contributed by atoms with Gasteiger partial charge in [0.15, 0.2) is 0 Å². The van der Waals surface area contributed by atoms with Crippen molar-refractivity contribution in [2.45, 2.75) is 45.4 Å². The first-order chi connectivity index (χ1) is 16.7. The van der Waals surface area contributed by atoms with Gasteiger partial charge in [-0.2, -0.15) is 0 Å². The van der Waals surface area contributed by atoms with Crippen molar-refractivity contribution in [2.24, 2.45) is 0 Å². The first-order valence-corrected chi connectivity index (χ1v) is 11.8. The molecular formula is C26H31N3O6. The average Bonchev–Trinajstić information content (AvgIpc) is 3.28. The molecule has 2 aliphatic heterocycles. The minimum atomic E-state index is -0.502. The van der Waals surface area contributed by atoms with Gasteiger partial charge in [-0.3, -0.25) is 14.6 Å². The van der Waals surface area contributed by atoms with Crippen LogP contribution in [0.4, 0.5) is 21.0 Å². The van der Waals surface area contributed by atoms with Crippen LogP contribution >= 0.6 is 0 Å². The summed E-state index contributed by atoms with van der Waals surface area (Å²) in [7, 11) is 1.33. The number of likely N-dealkylation sites (tertiary alicyclic amines) is 1. The quantitative estimate of drug-likeness (QED) is 0.714. The molecular weight excluding hydrogens is 450 g/mol. The number of fused-ring (bicyclic) bond motifs is 1.